The lowest BCUT2D eigenvalue weighted by atomic mass is 10.1. The molecule has 4 rings (SSSR count). The summed E-state index contributed by atoms with van der Waals surface area (Å²) in [4.78, 5) is 30.7. The first-order chi connectivity index (χ1) is 13.6. The lowest BCUT2D eigenvalue weighted by Gasteiger charge is -2.14. The van der Waals surface area contributed by atoms with Crippen molar-refractivity contribution in [1.29, 1.82) is 0 Å². The summed E-state index contributed by atoms with van der Waals surface area (Å²) >= 11 is 1.42. The number of aromatic nitrogens is 2. The first kappa shape index (κ1) is 18.1. The van der Waals surface area contributed by atoms with Crippen molar-refractivity contribution in [1.82, 2.24) is 9.55 Å². The fourth-order valence-corrected chi connectivity index (χ4v) is 3.92. The summed E-state index contributed by atoms with van der Waals surface area (Å²) in [6, 6.07) is 18.4. The molecular formula is C22H18N2O3S. The van der Waals surface area contributed by atoms with E-state index in [1.165, 1.54) is 22.2 Å². The quantitative estimate of drug-likeness (QED) is 0.473. The summed E-state index contributed by atoms with van der Waals surface area (Å²) in [5.74, 6) is -0.469. The molecule has 28 heavy (non-hydrogen) atoms. The molecule has 0 radical (unpaired) electrons. The molecular weight excluding hydrogens is 372 g/mol. The Kier molecular flexibility index (Phi) is 5.04. The minimum Gasteiger partial charge on any atom is -0.459 e. The lowest BCUT2D eigenvalue weighted by Crippen LogP contribution is -2.29. The van der Waals surface area contributed by atoms with Crippen LogP contribution < -0.4 is 5.56 Å². The van der Waals surface area contributed by atoms with Crippen LogP contribution in [-0.2, 0) is 16.1 Å². The number of thiophene rings is 1. The van der Waals surface area contributed by atoms with Crippen molar-refractivity contribution in [3.05, 3.63) is 88.3 Å². The van der Waals surface area contributed by atoms with Crippen molar-refractivity contribution in [3.63, 3.8) is 0 Å². The standard InChI is InChI=1S/C22H18N2O3S/c1-15(22(26)27-12-16-8-4-2-5-9-16)24-14-23-20-19(21(24)25)18(13-28-20)17-10-6-3-7-11-17/h2-11,13-15H,12H2,1H3/t15-/m0/s1. The van der Waals surface area contributed by atoms with Crippen LogP contribution in [-0.4, -0.2) is 15.5 Å². The summed E-state index contributed by atoms with van der Waals surface area (Å²) < 4.78 is 6.73. The SMILES string of the molecule is C[C@@H](C(=O)OCc1ccccc1)n1cnc2scc(-c3ccccc3)c2c1=O. The third-order valence-corrected chi connectivity index (χ3v) is 5.47. The van der Waals surface area contributed by atoms with Crippen LogP contribution in [0.15, 0.2) is 77.2 Å². The average molecular weight is 390 g/mol. The predicted molar refractivity (Wildman–Crippen MR) is 110 cm³/mol. The molecule has 140 valence electrons. The van der Waals surface area contributed by atoms with Crippen LogP contribution in [0.1, 0.15) is 18.5 Å². The number of fused-ring (bicyclic) bond motifs is 1. The topological polar surface area (TPSA) is 61.2 Å². The van der Waals surface area contributed by atoms with Crippen LogP contribution in [0, 0.1) is 0 Å². The van der Waals surface area contributed by atoms with Crippen molar-refractivity contribution < 1.29 is 9.53 Å². The van der Waals surface area contributed by atoms with Gasteiger partial charge in [-0.15, -0.1) is 11.3 Å². The van der Waals surface area contributed by atoms with Gasteiger partial charge in [-0.3, -0.25) is 9.36 Å². The smallest absolute Gasteiger partial charge is 0.329 e. The summed E-state index contributed by atoms with van der Waals surface area (Å²) in [6.45, 7) is 1.82. The highest BCUT2D eigenvalue weighted by Crippen LogP contribution is 2.30. The fourth-order valence-electron chi connectivity index (χ4n) is 3.01. The molecule has 0 N–H and O–H groups in total. The second-order valence-electron chi connectivity index (χ2n) is 6.42. The van der Waals surface area contributed by atoms with Gasteiger partial charge in [0.05, 0.1) is 11.7 Å². The Morgan fingerprint density at radius 3 is 2.50 bits per heavy atom. The Hall–Kier alpha value is -3.25. The number of hydrogen-bond donors (Lipinski definition) is 0. The van der Waals surface area contributed by atoms with Gasteiger partial charge in [0.2, 0.25) is 0 Å². The molecule has 0 saturated heterocycles. The van der Waals surface area contributed by atoms with Gasteiger partial charge in [0.1, 0.15) is 17.5 Å². The largest absolute Gasteiger partial charge is 0.459 e. The van der Waals surface area contributed by atoms with Gasteiger partial charge in [0.25, 0.3) is 5.56 Å². The number of rotatable bonds is 5. The van der Waals surface area contributed by atoms with Crippen LogP contribution in [0.3, 0.4) is 0 Å². The molecule has 2 heterocycles. The second kappa shape index (κ2) is 7.78. The zero-order valence-corrected chi connectivity index (χ0v) is 16.1. The molecule has 0 aliphatic carbocycles. The number of nitrogens with zero attached hydrogens (tertiary/aromatic N) is 2. The van der Waals surface area contributed by atoms with Crippen LogP contribution in [0.5, 0.6) is 0 Å². The third kappa shape index (κ3) is 3.46. The van der Waals surface area contributed by atoms with Crippen molar-refractivity contribution in [2.24, 2.45) is 0 Å². The van der Waals surface area contributed by atoms with Crippen molar-refractivity contribution in [2.45, 2.75) is 19.6 Å². The monoisotopic (exact) mass is 390 g/mol. The van der Waals surface area contributed by atoms with E-state index in [0.717, 1.165) is 16.7 Å². The number of carbonyl (C=O) groups excluding carboxylic acids is 1. The Morgan fingerprint density at radius 2 is 1.79 bits per heavy atom. The number of ether oxygens (including phenoxy) is 1. The predicted octanol–water partition coefficient (Wildman–Crippen LogP) is 4.43. The van der Waals surface area contributed by atoms with Gasteiger partial charge in [0, 0.05) is 10.9 Å². The highest BCUT2D eigenvalue weighted by molar-refractivity contribution is 7.17. The number of hydrogen-bond acceptors (Lipinski definition) is 5. The van der Waals surface area contributed by atoms with Crippen LogP contribution >= 0.6 is 11.3 Å². The molecule has 0 spiro atoms. The van der Waals surface area contributed by atoms with Crippen LogP contribution in [0.2, 0.25) is 0 Å². The van der Waals surface area contributed by atoms with Gasteiger partial charge >= 0.3 is 5.97 Å². The van der Waals surface area contributed by atoms with E-state index >= 15 is 0 Å². The third-order valence-electron chi connectivity index (χ3n) is 4.59. The van der Waals surface area contributed by atoms with E-state index in [4.69, 9.17) is 4.74 Å². The molecule has 1 atom stereocenters. The number of esters is 1. The molecule has 2 aromatic heterocycles. The van der Waals surface area contributed by atoms with Crippen LogP contribution in [0.4, 0.5) is 0 Å². The van der Waals surface area contributed by atoms with E-state index < -0.39 is 12.0 Å². The van der Waals surface area contributed by atoms with Gasteiger partial charge in [-0.1, -0.05) is 60.7 Å². The van der Waals surface area contributed by atoms with E-state index in [2.05, 4.69) is 4.98 Å². The lowest BCUT2D eigenvalue weighted by molar-refractivity contribution is -0.148. The van der Waals surface area contributed by atoms with Gasteiger partial charge < -0.3 is 4.74 Å². The van der Waals surface area contributed by atoms with E-state index in [-0.39, 0.29) is 12.2 Å². The number of carbonyl (C=O) groups is 1. The first-order valence-corrected chi connectivity index (χ1v) is 9.77. The second-order valence-corrected chi connectivity index (χ2v) is 7.28. The minimum atomic E-state index is -0.767. The summed E-state index contributed by atoms with van der Waals surface area (Å²) in [5, 5.41) is 2.46. The molecule has 0 aliphatic rings. The van der Waals surface area contributed by atoms with Crippen LogP contribution in [0.25, 0.3) is 21.3 Å². The fraction of sp³-hybridized carbons (Fsp3) is 0.136. The Morgan fingerprint density at radius 1 is 1.11 bits per heavy atom. The number of benzene rings is 2. The summed E-state index contributed by atoms with van der Waals surface area (Å²) in [6.07, 6.45) is 1.42. The van der Waals surface area contributed by atoms with Gasteiger partial charge in [0.15, 0.2) is 0 Å². The van der Waals surface area contributed by atoms with Crippen molar-refractivity contribution in [2.75, 3.05) is 0 Å². The molecule has 0 saturated carbocycles. The normalized spacial score (nSPS) is 12.0. The molecule has 6 heteroatoms. The van der Waals surface area contributed by atoms with Crippen molar-refractivity contribution in [3.8, 4) is 11.1 Å². The highest BCUT2D eigenvalue weighted by Gasteiger charge is 2.21. The molecule has 0 amide bonds. The molecule has 0 unspecified atom stereocenters. The maximum atomic E-state index is 13.1. The Balaban J connectivity index is 1.64. The summed E-state index contributed by atoms with van der Waals surface area (Å²) in [5.41, 5.74) is 2.43. The van der Waals surface area contributed by atoms with Gasteiger partial charge in [-0.25, -0.2) is 9.78 Å². The Bertz CT molecular complexity index is 1170. The van der Waals surface area contributed by atoms with Crippen molar-refractivity contribution >= 4 is 27.5 Å². The zero-order valence-electron chi connectivity index (χ0n) is 15.2. The van der Waals surface area contributed by atoms with E-state index in [0.29, 0.717) is 10.2 Å². The van der Waals surface area contributed by atoms with Gasteiger partial charge in [-0.2, -0.15) is 0 Å². The first-order valence-electron chi connectivity index (χ1n) is 8.89. The van der Waals surface area contributed by atoms with E-state index in [1.54, 1.807) is 6.92 Å². The summed E-state index contributed by atoms with van der Waals surface area (Å²) in [7, 11) is 0. The molecule has 0 fully saturated rings. The molecule has 4 aromatic rings. The van der Waals surface area contributed by atoms with E-state index in [9.17, 15) is 9.59 Å². The Labute approximate surface area is 165 Å². The maximum absolute atomic E-state index is 13.1. The molecule has 5 nitrogen and oxygen atoms in total. The molecule has 0 aliphatic heterocycles. The maximum Gasteiger partial charge on any atom is 0.329 e. The highest BCUT2D eigenvalue weighted by atomic mass is 32.1. The van der Waals surface area contributed by atoms with Gasteiger partial charge in [-0.05, 0) is 18.1 Å². The average Bonchev–Trinajstić information content (AvgIpc) is 3.18. The molecule has 2 aromatic carbocycles. The molecule has 0 bridgehead atoms. The minimum absolute atomic E-state index is 0.169. The van der Waals surface area contributed by atoms with E-state index in [1.807, 2.05) is 66.0 Å². The zero-order chi connectivity index (χ0) is 19.5.